The van der Waals surface area contributed by atoms with E-state index in [1.165, 1.54) is 16.6 Å². The minimum Gasteiger partial charge on any atom is -0.392 e. The van der Waals surface area contributed by atoms with Crippen LogP contribution in [0.4, 0.5) is 11.5 Å². The number of aliphatic hydroxyl groups excluding tert-OH is 1. The number of hydrogen-bond donors (Lipinski definition) is 3. The molecule has 1 fully saturated rings. The summed E-state index contributed by atoms with van der Waals surface area (Å²) in [6, 6.07) is 0. The van der Waals surface area contributed by atoms with Crippen LogP contribution in [0.2, 0.25) is 0 Å². The van der Waals surface area contributed by atoms with Gasteiger partial charge >= 0.3 is 5.69 Å². The number of amides is 1. The van der Waals surface area contributed by atoms with E-state index < -0.39 is 17.4 Å². The maximum absolute atomic E-state index is 13.0. The van der Waals surface area contributed by atoms with Crippen LogP contribution in [-0.2, 0) is 16.1 Å². The van der Waals surface area contributed by atoms with Crippen LogP contribution in [0.15, 0.2) is 9.59 Å². The average molecular weight is 397 g/mol. The normalized spacial score (nSPS) is 17.8. The van der Waals surface area contributed by atoms with Gasteiger partial charge in [0, 0.05) is 26.7 Å². The number of aromatic amines is 1. The third-order valence-electron chi connectivity index (χ3n) is 4.69. The standard InChI is InChI=1S/C18H31N5O5/c1-12(2)9-23-16(19)15(17(26)20-18(23)27)22(7-8-28-3)14(25)11-21-6-4-5-13(24)10-21/h12-13,24H,4-11,19H2,1-3H3,(H,20,26,27). The van der Waals surface area contributed by atoms with Crippen molar-refractivity contribution < 1.29 is 14.6 Å². The van der Waals surface area contributed by atoms with Crippen molar-refractivity contribution in [2.45, 2.75) is 39.3 Å². The Morgan fingerprint density at radius 1 is 1.43 bits per heavy atom. The number of aromatic nitrogens is 2. The van der Waals surface area contributed by atoms with Gasteiger partial charge in [-0.15, -0.1) is 0 Å². The molecule has 10 heteroatoms. The van der Waals surface area contributed by atoms with Crippen molar-refractivity contribution in [2.24, 2.45) is 5.92 Å². The SMILES string of the molecule is COCCN(C(=O)CN1CCCC(O)C1)c1c(N)n(CC(C)C)c(=O)[nH]c1=O. The molecular formula is C18H31N5O5. The molecule has 1 atom stereocenters. The number of ether oxygens (including phenoxy) is 1. The Morgan fingerprint density at radius 3 is 2.75 bits per heavy atom. The molecule has 4 N–H and O–H groups in total. The van der Waals surface area contributed by atoms with E-state index >= 15 is 0 Å². The molecule has 0 saturated carbocycles. The van der Waals surface area contributed by atoms with Gasteiger partial charge in [0.15, 0.2) is 5.69 Å². The highest BCUT2D eigenvalue weighted by Crippen LogP contribution is 2.19. The number of H-pyrrole nitrogens is 1. The summed E-state index contributed by atoms with van der Waals surface area (Å²) < 4.78 is 6.36. The van der Waals surface area contributed by atoms with Crippen molar-refractivity contribution in [3.8, 4) is 0 Å². The Hall–Kier alpha value is -2.17. The molecule has 10 nitrogen and oxygen atoms in total. The number of β-amino-alcohol motifs (C(OH)–C–C–N with tert-alkyl or cyclic N) is 1. The van der Waals surface area contributed by atoms with E-state index in [2.05, 4.69) is 4.98 Å². The minimum absolute atomic E-state index is 0.0365. The number of nitrogens with two attached hydrogens (primary N) is 1. The van der Waals surface area contributed by atoms with Crippen LogP contribution in [0, 0.1) is 5.92 Å². The molecule has 1 aliphatic rings. The molecule has 2 heterocycles. The van der Waals surface area contributed by atoms with Crippen molar-refractivity contribution in [3.63, 3.8) is 0 Å². The maximum Gasteiger partial charge on any atom is 0.330 e. The number of piperidine rings is 1. The molecule has 1 saturated heterocycles. The second-order valence-corrected chi connectivity index (χ2v) is 7.57. The molecule has 0 aromatic carbocycles. The van der Waals surface area contributed by atoms with Crippen LogP contribution in [0.1, 0.15) is 26.7 Å². The molecule has 0 aliphatic carbocycles. The Balaban J connectivity index is 2.37. The van der Waals surface area contributed by atoms with Crippen molar-refractivity contribution in [1.29, 1.82) is 0 Å². The van der Waals surface area contributed by atoms with Gasteiger partial charge in [-0.2, -0.15) is 0 Å². The summed E-state index contributed by atoms with van der Waals surface area (Å²) in [6.45, 7) is 5.64. The van der Waals surface area contributed by atoms with E-state index in [1.807, 2.05) is 18.7 Å². The molecule has 1 aromatic rings. The molecule has 1 aliphatic heterocycles. The number of carbonyl (C=O) groups is 1. The van der Waals surface area contributed by atoms with Gasteiger partial charge in [-0.1, -0.05) is 13.8 Å². The number of likely N-dealkylation sites (tertiary alicyclic amines) is 1. The molecule has 158 valence electrons. The van der Waals surface area contributed by atoms with Gasteiger partial charge in [-0.25, -0.2) is 4.79 Å². The molecule has 28 heavy (non-hydrogen) atoms. The number of anilines is 2. The van der Waals surface area contributed by atoms with Crippen LogP contribution in [0.3, 0.4) is 0 Å². The Morgan fingerprint density at radius 2 is 2.14 bits per heavy atom. The molecule has 1 aromatic heterocycles. The minimum atomic E-state index is -0.703. The molecule has 1 amide bonds. The van der Waals surface area contributed by atoms with Gasteiger partial charge in [0.25, 0.3) is 5.56 Å². The summed E-state index contributed by atoms with van der Waals surface area (Å²) in [6.07, 6.45) is 1.05. The first-order valence-corrected chi connectivity index (χ1v) is 9.56. The third kappa shape index (κ3) is 5.43. The lowest BCUT2D eigenvalue weighted by molar-refractivity contribution is -0.120. The summed E-state index contributed by atoms with van der Waals surface area (Å²) in [4.78, 5) is 43.1. The van der Waals surface area contributed by atoms with Crippen LogP contribution >= 0.6 is 0 Å². The summed E-state index contributed by atoms with van der Waals surface area (Å²) in [5, 5.41) is 9.83. The Labute approximate surface area is 163 Å². The first kappa shape index (κ1) is 22.1. The van der Waals surface area contributed by atoms with E-state index in [9.17, 15) is 19.5 Å². The van der Waals surface area contributed by atoms with Gasteiger partial charge in [0.05, 0.1) is 19.3 Å². The Bertz CT molecular complexity index is 788. The van der Waals surface area contributed by atoms with Crippen LogP contribution < -0.4 is 21.9 Å². The summed E-state index contributed by atoms with van der Waals surface area (Å²) in [5.74, 6) is -0.250. The molecule has 0 spiro atoms. The van der Waals surface area contributed by atoms with Crippen molar-refractivity contribution >= 4 is 17.4 Å². The zero-order chi connectivity index (χ0) is 20.8. The molecule has 0 radical (unpaired) electrons. The highest BCUT2D eigenvalue weighted by atomic mass is 16.5. The predicted octanol–water partition coefficient (Wildman–Crippen LogP) is -0.789. The van der Waals surface area contributed by atoms with Crippen LogP contribution in [0.5, 0.6) is 0 Å². The zero-order valence-electron chi connectivity index (χ0n) is 16.8. The van der Waals surface area contributed by atoms with Gasteiger partial charge in [-0.05, 0) is 25.3 Å². The number of rotatable bonds is 8. The van der Waals surface area contributed by atoms with Gasteiger partial charge in [0.1, 0.15) is 5.82 Å². The number of carbonyl (C=O) groups excluding carboxylic acids is 1. The summed E-state index contributed by atoms with van der Waals surface area (Å²) >= 11 is 0. The van der Waals surface area contributed by atoms with E-state index in [0.717, 1.165) is 6.42 Å². The van der Waals surface area contributed by atoms with E-state index in [1.54, 1.807) is 0 Å². The second-order valence-electron chi connectivity index (χ2n) is 7.57. The first-order valence-electron chi connectivity index (χ1n) is 9.56. The van der Waals surface area contributed by atoms with Crippen molar-refractivity contribution in [2.75, 3.05) is 50.5 Å². The largest absolute Gasteiger partial charge is 0.392 e. The monoisotopic (exact) mass is 397 g/mol. The summed E-state index contributed by atoms with van der Waals surface area (Å²) in [5.41, 5.74) is 4.81. The fraction of sp³-hybridized carbons (Fsp3) is 0.722. The number of aliphatic hydroxyl groups is 1. The summed E-state index contributed by atoms with van der Waals surface area (Å²) in [7, 11) is 1.50. The topological polar surface area (TPSA) is 134 Å². The Kier molecular flexibility index (Phi) is 7.78. The fourth-order valence-electron chi connectivity index (χ4n) is 3.38. The number of nitrogens with one attached hydrogen (secondary N) is 1. The van der Waals surface area contributed by atoms with Gasteiger partial charge < -0.3 is 20.5 Å². The lowest BCUT2D eigenvalue weighted by Crippen LogP contribution is -2.49. The van der Waals surface area contributed by atoms with Crippen molar-refractivity contribution in [3.05, 3.63) is 20.8 Å². The average Bonchev–Trinajstić information content (AvgIpc) is 2.61. The smallest absolute Gasteiger partial charge is 0.330 e. The van der Waals surface area contributed by atoms with E-state index in [0.29, 0.717) is 26.1 Å². The van der Waals surface area contributed by atoms with Crippen molar-refractivity contribution in [1.82, 2.24) is 14.5 Å². The predicted molar refractivity (Wildman–Crippen MR) is 106 cm³/mol. The van der Waals surface area contributed by atoms with Crippen LogP contribution in [-0.4, -0.2) is 71.5 Å². The molecular weight excluding hydrogens is 366 g/mol. The highest BCUT2D eigenvalue weighted by Gasteiger charge is 2.27. The zero-order valence-corrected chi connectivity index (χ0v) is 16.8. The molecule has 2 rings (SSSR count). The van der Waals surface area contributed by atoms with Gasteiger partial charge in [-0.3, -0.25) is 24.0 Å². The van der Waals surface area contributed by atoms with Gasteiger partial charge in [0.2, 0.25) is 5.91 Å². The second kappa shape index (κ2) is 9.85. The fourth-order valence-corrected chi connectivity index (χ4v) is 3.38. The number of hydrogen-bond acceptors (Lipinski definition) is 7. The maximum atomic E-state index is 13.0. The first-order chi connectivity index (χ1) is 13.2. The van der Waals surface area contributed by atoms with E-state index in [-0.39, 0.29) is 43.0 Å². The highest BCUT2D eigenvalue weighted by molar-refractivity contribution is 5.96. The quantitative estimate of drug-likeness (QED) is 0.523. The number of nitrogens with zero attached hydrogens (tertiary/aromatic N) is 3. The lowest BCUT2D eigenvalue weighted by atomic mass is 10.1. The number of methoxy groups -OCH3 is 1. The third-order valence-corrected chi connectivity index (χ3v) is 4.69. The molecule has 0 bridgehead atoms. The number of nitrogen functional groups attached to an aromatic ring is 1. The lowest BCUT2D eigenvalue weighted by Gasteiger charge is -2.32. The van der Waals surface area contributed by atoms with Crippen LogP contribution in [0.25, 0.3) is 0 Å². The van der Waals surface area contributed by atoms with E-state index in [4.69, 9.17) is 10.5 Å². The molecule has 1 unspecified atom stereocenters.